The van der Waals surface area contributed by atoms with Crippen LogP contribution < -0.4 is 0 Å². The Kier molecular flexibility index (Phi) is 2.34. The predicted molar refractivity (Wildman–Crippen MR) is 64.8 cm³/mol. The Morgan fingerprint density at radius 3 is 2.82 bits per heavy atom. The van der Waals surface area contributed by atoms with E-state index >= 15 is 0 Å². The monoisotopic (exact) mass is 223 g/mol. The molecule has 0 bridgehead atoms. The first-order valence-electron chi connectivity index (χ1n) is 5.17. The number of hydrogen-bond donors (Lipinski definition) is 0. The molecule has 0 fully saturated rings. The van der Waals surface area contributed by atoms with E-state index < -0.39 is 0 Å². The van der Waals surface area contributed by atoms with Crippen molar-refractivity contribution in [3.8, 4) is 0 Å². The molecule has 0 amide bonds. The lowest BCUT2D eigenvalue weighted by molar-refractivity contribution is 0.898. The molecule has 0 spiro atoms. The van der Waals surface area contributed by atoms with Crippen molar-refractivity contribution < 1.29 is 0 Å². The van der Waals surface area contributed by atoms with Crippen molar-refractivity contribution >= 4 is 17.4 Å². The number of nitrogens with zero attached hydrogens (tertiary/aromatic N) is 5. The molecule has 5 nitrogen and oxygen atoms in total. The second-order valence-electron chi connectivity index (χ2n) is 3.43. The van der Waals surface area contributed by atoms with E-state index in [1.54, 1.807) is 29.6 Å². The number of imidazole rings is 1. The molecule has 0 saturated carbocycles. The molecule has 0 aromatic carbocycles. The van der Waals surface area contributed by atoms with Crippen LogP contribution in [0.1, 0.15) is 5.69 Å². The summed E-state index contributed by atoms with van der Waals surface area (Å²) < 4.78 is 1.63. The molecule has 0 aliphatic carbocycles. The first-order chi connectivity index (χ1) is 8.43. The summed E-state index contributed by atoms with van der Waals surface area (Å²) in [7, 11) is 0. The number of fused-ring (bicyclic) bond motifs is 1. The zero-order chi connectivity index (χ0) is 11.5. The number of pyridine rings is 2. The molecule has 0 atom stereocenters. The van der Waals surface area contributed by atoms with Crippen LogP contribution in [0, 0.1) is 0 Å². The van der Waals surface area contributed by atoms with Crippen molar-refractivity contribution in [3.63, 3.8) is 0 Å². The van der Waals surface area contributed by atoms with Crippen LogP contribution in [-0.4, -0.2) is 25.8 Å². The number of rotatable bonds is 2. The van der Waals surface area contributed by atoms with Gasteiger partial charge >= 0.3 is 0 Å². The van der Waals surface area contributed by atoms with Crippen molar-refractivity contribution in [3.05, 3.63) is 54.7 Å². The largest absolute Gasteiger partial charge is 0.255 e. The van der Waals surface area contributed by atoms with E-state index in [4.69, 9.17) is 0 Å². The molecule has 0 unspecified atom stereocenters. The van der Waals surface area contributed by atoms with Gasteiger partial charge in [0.1, 0.15) is 11.8 Å². The minimum Gasteiger partial charge on any atom is -0.255 e. The fourth-order valence-corrected chi connectivity index (χ4v) is 1.50. The summed E-state index contributed by atoms with van der Waals surface area (Å²) >= 11 is 0. The van der Waals surface area contributed by atoms with E-state index in [1.165, 1.54) is 0 Å². The molecule has 0 aliphatic heterocycles. The molecule has 3 aromatic rings. The van der Waals surface area contributed by atoms with Crippen LogP contribution in [0.5, 0.6) is 0 Å². The molecule has 3 aromatic heterocycles. The Hall–Kier alpha value is -2.56. The molecule has 5 heteroatoms. The first kappa shape index (κ1) is 9.65. The smallest absolute Gasteiger partial charge is 0.181 e. The molecule has 3 rings (SSSR count). The van der Waals surface area contributed by atoms with Crippen LogP contribution >= 0.6 is 0 Å². The molecule has 17 heavy (non-hydrogen) atoms. The molecule has 82 valence electrons. The highest BCUT2D eigenvalue weighted by molar-refractivity contribution is 5.77. The highest BCUT2D eigenvalue weighted by Crippen LogP contribution is 2.07. The Bertz CT molecular complexity index is 657. The van der Waals surface area contributed by atoms with E-state index in [0.29, 0.717) is 0 Å². The lowest BCUT2D eigenvalue weighted by atomic mass is 10.4. The fourth-order valence-electron chi connectivity index (χ4n) is 1.50. The van der Waals surface area contributed by atoms with Gasteiger partial charge in [-0.1, -0.05) is 6.07 Å². The average molecular weight is 223 g/mol. The Morgan fingerprint density at radius 2 is 1.94 bits per heavy atom. The number of aromatic nitrogens is 4. The van der Waals surface area contributed by atoms with Gasteiger partial charge in [-0.25, -0.2) is 14.6 Å². The minimum absolute atomic E-state index is 0.736. The summed E-state index contributed by atoms with van der Waals surface area (Å²) in [5.74, 6) is 0. The van der Waals surface area contributed by atoms with Crippen molar-refractivity contribution in [1.29, 1.82) is 0 Å². The van der Waals surface area contributed by atoms with Gasteiger partial charge in [0, 0.05) is 12.4 Å². The Balaban J connectivity index is 1.98. The second-order valence-corrected chi connectivity index (χ2v) is 3.43. The highest BCUT2D eigenvalue weighted by Gasteiger charge is 2.00. The Morgan fingerprint density at radius 1 is 1.00 bits per heavy atom. The standard InChI is InChI=1S/C12H9N5/c1-2-6-13-10(4-1)8-16-17-9-15-11-5-3-7-14-12(11)17/h1-9H/b16-8+. The highest BCUT2D eigenvalue weighted by atomic mass is 15.4. The molecule has 3 heterocycles. The molecule has 0 N–H and O–H groups in total. The SMILES string of the molecule is C(=N\n1cnc2cccnc21)/c1ccccn1. The third-order valence-electron chi connectivity index (χ3n) is 2.29. The van der Waals surface area contributed by atoms with E-state index in [0.717, 1.165) is 16.9 Å². The van der Waals surface area contributed by atoms with Crippen molar-refractivity contribution in [2.24, 2.45) is 5.10 Å². The molecular formula is C12H9N5. The topological polar surface area (TPSA) is 56.0 Å². The minimum atomic E-state index is 0.736. The van der Waals surface area contributed by atoms with E-state index in [-0.39, 0.29) is 0 Å². The average Bonchev–Trinajstić information content (AvgIpc) is 2.81. The molecule has 0 saturated heterocycles. The van der Waals surface area contributed by atoms with Crippen LogP contribution in [0.2, 0.25) is 0 Å². The summed E-state index contributed by atoms with van der Waals surface area (Å²) in [5.41, 5.74) is 2.36. The van der Waals surface area contributed by atoms with Crippen LogP contribution in [-0.2, 0) is 0 Å². The van der Waals surface area contributed by atoms with Crippen molar-refractivity contribution in [1.82, 2.24) is 19.6 Å². The quantitative estimate of drug-likeness (QED) is 0.621. The molecule has 0 aliphatic rings. The van der Waals surface area contributed by atoms with E-state index in [9.17, 15) is 0 Å². The molecule has 0 radical (unpaired) electrons. The molecular weight excluding hydrogens is 214 g/mol. The van der Waals surface area contributed by atoms with Gasteiger partial charge in [0.25, 0.3) is 0 Å². The summed E-state index contributed by atoms with van der Waals surface area (Å²) in [6.45, 7) is 0. The van der Waals surface area contributed by atoms with Gasteiger partial charge in [-0.3, -0.25) is 4.98 Å². The second kappa shape index (κ2) is 4.13. The van der Waals surface area contributed by atoms with Gasteiger partial charge in [0.05, 0.1) is 11.9 Å². The van der Waals surface area contributed by atoms with Crippen LogP contribution in [0.4, 0.5) is 0 Å². The predicted octanol–water partition coefficient (Wildman–Crippen LogP) is 1.71. The van der Waals surface area contributed by atoms with Crippen LogP contribution in [0.25, 0.3) is 11.2 Å². The van der Waals surface area contributed by atoms with Crippen LogP contribution in [0.15, 0.2) is 54.2 Å². The number of hydrogen-bond acceptors (Lipinski definition) is 4. The summed E-state index contributed by atoms with van der Waals surface area (Å²) in [5, 5.41) is 4.27. The van der Waals surface area contributed by atoms with Gasteiger partial charge in [-0.2, -0.15) is 5.10 Å². The lowest BCUT2D eigenvalue weighted by Gasteiger charge is -1.94. The third-order valence-corrected chi connectivity index (χ3v) is 2.29. The van der Waals surface area contributed by atoms with E-state index in [1.807, 2.05) is 30.3 Å². The van der Waals surface area contributed by atoms with E-state index in [2.05, 4.69) is 20.1 Å². The zero-order valence-corrected chi connectivity index (χ0v) is 8.93. The Labute approximate surface area is 97.5 Å². The van der Waals surface area contributed by atoms with Crippen molar-refractivity contribution in [2.45, 2.75) is 0 Å². The first-order valence-corrected chi connectivity index (χ1v) is 5.17. The van der Waals surface area contributed by atoms with Crippen LogP contribution in [0.3, 0.4) is 0 Å². The summed E-state index contributed by atoms with van der Waals surface area (Å²) in [6.07, 6.45) is 6.76. The van der Waals surface area contributed by atoms with Gasteiger partial charge < -0.3 is 0 Å². The maximum absolute atomic E-state index is 4.27. The van der Waals surface area contributed by atoms with Crippen molar-refractivity contribution in [2.75, 3.05) is 0 Å². The van der Waals surface area contributed by atoms with Gasteiger partial charge in [0.15, 0.2) is 5.65 Å². The maximum atomic E-state index is 4.27. The normalized spacial score (nSPS) is 11.3. The zero-order valence-electron chi connectivity index (χ0n) is 8.93. The summed E-state index contributed by atoms with van der Waals surface area (Å²) in [6, 6.07) is 9.41. The lowest BCUT2D eigenvalue weighted by Crippen LogP contribution is -1.92. The maximum Gasteiger partial charge on any atom is 0.181 e. The third kappa shape index (κ3) is 1.90. The summed E-state index contributed by atoms with van der Waals surface area (Å²) in [4.78, 5) is 12.6. The fraction of sp³-hybridized carbons (Fsp3) is 0. The van der Waals surface area contributed by atoms with Gasteiger partial charge in [0.2, 0.25) is 0 Å². The van der Waals surface area contributed by atoms with Gasteiger partial charge in [-0.15, -0.1) is 0 Å². The van der Waals surface area contributed by atoms with Gasteiger partial charge in [-0.05, 0) is 24.3 Å².